The van der Waals surface area contributed by atoms with Gasteiger partial charge in [-0.2, -0.15) is 0 Å². The first kappa shape index (κ1) is 15.3. The molecule has 0 aromatic rings. The molecule has 1 heterocycles. The Bertz CT molecular complexity index is 261. The summed E-state index contributed by atoms with van der Waals surface area (Å²) in [4.78, 5) is 2.66. The molecular weight excluding hydrogens is 236 g/mol. The van der Waals surface area contributed by atoms with Gasteiger partial charge in [-0.15, -0.1) is 0 Å². The van der Waals surface area contributed by atoms with Gasteiger partial charge in [0.15, 0.2) is 0 Å². The van der Waals surface area contributed by atoms with Crippen molar-refractivity contribution in [1.82, 2.24) is 10.2 Å². The van der Waals surface area contributed by atoms with E-state index in [9.17, 15) is 0 Å². The van der Waals surface area contributed by atoms with Crippen molar-refractivity contribution in [3.05, 3.63) is 0 Å². The summed E-state index contributed by atoms with van der Waals surface area (Å²) in [6.45, 7) is 12.2. The molecule has 0 amide bonds. The molecule has 1 N–H and O–H groups in total. The topological polar surface area (TPSA) is 24.5 Å². The van der Waals surface area contributed by atoms with Crippen molar-refractivity contribution in [2.24, 2.45) is 5.41 Å². The van der Waals surface area contributed by atoms with Gasteiger partial charge in [-0.1, -0.05) is 33.1 Å². The van der Waals surface area contributed by atoms with Gasteiger partial charge in [0.2, 0.25) is 0 Å². The van der Waals surface area contributed by atoms with E-state index in [2.05, 4.69) is 31.0 Å². The Morgan fingerprint density at radius 2 is 2.00 bits per heavy atom. The number of nitrogens with one attached hydrogen (secondary N) is 1. The van der Waals surface area contributed by atoms with E-state index in [4.69, 9.17) is 4.74 Å². The van der Waals surface area contributed by atoms with Crippen LogP contribution in [0.1, 0.15) is 52.9 Å². The summed E-state index contributed by atoms with van der Waals surface area (Å²) < 4.78 is 5.57. The van der Waals surface area contributed by atoms with Crippen molar-refractivity contribution in [3.8, 4) is 0 Å². The number of nitrogens with zero attached hydrogens (tertiary/aromatic N) is 1. The van der Waals surface area contributed by atoms with Crippen molar-refractivity contribution in [3.63, 3.8) is 0 Å². The number of morpholine rings is 1. The molecule has 1 saturated carbocycles. The lowest BCUT2D eigenvalue weighted by Crippen LogP contribution is -2.52. The molecule has 3 nitrogen and oxygen atoms in total. The zero-order valence-electron chi connectivity index (χ0n) is 13.1. The van der Waals surface area contributed by atoms with Crippen molar-refractivity contribution in [2.75, 3.05) is 32.8 Å². The van der Waals surface area contributed by atoms with Gasteiger partial charge in [-0.25, -0.2) is 0 Å². The van der Waals surface area contributed by atoms with Crippen LogP contribution in [-0.2, 0) is 4.74 Å². The van der Waals surface area contributed by atoms with Crippen LogP contribution in [0.3, 0.4) is 0 Å². The third-order valence-electron chi connectivity index (χ3n) is 4.84. The molecule has 1 aliphatic carbocycles. The maximum Gasteiger partial charge on any atom is 0.0619 e. The Morgan fingerprint density at radius 3 is 2.63 bits per heavy atom. The number of ether oxygens (including phenoxy) is 1. The largest absolute Gasteiger partial charge is 0.379 e. The summed E-state index contributed by atoms with van der Waals surface area (Å²) in [7, 11) is 0. The van der Waals surface area contributed by atoms with Crippen LogP contribution in [0.2, 0.25) is 0 Å². The minimum atomic E-state index is 0.508. The average molecular weight is 268 g/mol. The van der Waals surface area contributed by atoms with E-state index in [-0.39, 0.29) is 0 Å². The average Bonchev–Trinajstić information content (AvgIpc) is 2.41. The highest BCUT2D eigenvalue weighted by Crippen LogP contribution is 2.37. The monoisotopic (exact) mass is 268 g/mol. The van der Waals surface area contributed by atoms with Gasteiger partial charge in [0.05, 0.1) is 13.2 Å². The maximum absolute atomic E-state index is 5.57. The first-order valence-corrected chi connectivity index (χ1v) is 8.16. The Balaban J connectivity index is 1.95. The summed E-state index contributed by atoms with van der Waals surface area (Å²) in [5, 5.41) is 3.70. The molecule has 1 saturated heterocycles. The van der Waals surface area contributed by atoms with Crippen LogP contribution >= 0.6 is 0 Å². The Morgan fingerprint density at radius 1 is 1.26 bits per heavy atom. The van der Waals surface area contributed by atoms with Gasteiger partial charge in [0, 0.05) is 31.7 Å². The molecule has 2 fully saturated rings. The molecule has 2 aliphatic rings. The maximum atomic E-state index is 5.57. The molecule has 0 aromatic heterocycles. The Kier molecular flexibility index (Phi) is 5.67. The predicted molar refractivity (Wildman–Crippen MR) is 80.5 cm³/mol. The Labute approximate surface area is 119 Å². The van der Waals surface area contributed by atoms with Crippen molar-refractivity contribution in [1.29, 1.82) is 0 Å². The quantitative estimate of drug-likeness (QED) is 0.829. The lowest BCUT2D eigenvalue weighted by atomic mass is 9.73. The second-order valence-corrected chi connectivity index (χ2v) is 6.99. The van der Waals surface area contributed by atoms with Gasteiger partial charge in [-0.3, -0.25) is 4.90 Å². The highest BCUT2D eigenvalue weighted by molar-refractivity contribution is 4.90. The van der Waals surface area contributed by atoms with Crippen LogP contribution in [0, 0.1) is 5.41 Å². The molecule has 2 rings (SSSR count). The first-order valence-electron chi connectivity index (χ1n) is 8.16. The van der Waals surface area contributed by atoms with E-state index in [0.717, 1.165) is 19.8 Å². The zero-order valence-corrected chi connectivity index (χ0v) is 13.1. The Hall–Kier alpha value is -0.120. The second-order valence-electron chi connectivity index (χ2n) is 6.99. The van der Waals surface area contributed by atoms with E-state index < -0.39 is 0 Å². The molecule has 0 radical (unpaired) electrons. The van der Waals surface area contributed by atoms with E-state index in [1.165, 1.54) is 45.2 Å². The summed E-state index contributed by atoms with van der Waals surface area (Å²) in [5.74, 6) is 0. The zero-order chi connectivity index (χ0) is 13.7. The normalized spacial score (nSPS) is 28.7. The van der Waals surface area contributed by atoms with Crippen LogP contribution in [0.4, 0.5) is 0 Å². The van der Waals surface area contributed by atoms with Crippen LogP contribution in [0.15, 0.2) is 0 Å². The van der Waals surface area contributed by atoms with Crippen LogP contribution in [0.25, 0.3) is 0 Å². The molecule has 1 aliphatic heterocycles. The molecule has 1 unspecified atom stereocenters. The van der Waals surface area contributed by atoms with Crippen LogP contribution in [-0.4, -0.2) is 49.8 Å². The van der Waals surface area contributed by atoms with Crippen molar-refractivity contribution in [2.45, 2.75) is 65.0 Å². The lowest BCUT2D eigenvalue weighted by molar-refractivity contribution is -0.0272. The highest BCUT2D eigenvalue weighted by atomic mass is 16.5. The number of rotatable bonds is 5. The molecule has 0 aromatic carbocycles. The summed E-state index contributed by atoms with van der Waals surface area (Å²) in [5.41, 5.74) is 0.508. The summed E-state index contributed by atoms with van der Waals surface area (Å²) in [6.07, 6.45) is 7.06. The lowest BCUT2D eigenvalue weighted by Gasteiger charge is -2.45. The standard InChI is InChI=1S/C16H32N2O/c1-14(2)17-12-16(7-5-4-6-8-16)13-18-9-10-19-11-15(18)3/h14-15,17H,4-13H2,1-3H3. The van der Waals surface area contributed by atoms with Gasteiger partial charge >= 0.3 is 0 Å². The highest BCUT2D eigenvalue weighted by Gasteiger charge is 2.35. The fourth-order valence-electron chi connectivity index (χ4n) is 3.54. The van der Waals surface area contributed by atoms with Gasteiger partial charge < -0.3 is 10.1 Å². The molecular formula is C16H32N2O. The fraction of sp³-hybridized carbons (Fsp3) is 1.00. The molecule has 0 spiro atoms. The van der Waals surface area contributed by atoms with E-state index in [0.29, 0.717) is 17.5 Å². The second kappa shape index (κ2) is 7.05. The third-order valence-corrected chi connectivity index (χ3v) is 4.84. The minimum absolute atomic E-state index is 0.508. The van der Waals surface area contributed by atoms with E-state index >= 15 is 0 Å². The molecule has 3 heteroatoms. The van der Waals surface area contributed by atoms with Crippen molar-refractivity contribution < 1.29 is 4.74 Å². The predicted octanol–water partition coefficient (Wildman–Crippen LogP) is 2.66. The molecule has 0 bridgehead atoms. The molecule has 19 heavy (non-hydrogen) atoms. The molecule has 1 atom stereocenters. The van der Waals surface area contributed by atoms with Gasteiger partial charge in [0.25, 0.3) is 0 Å². The third kappa shape index (κ3) is 4.44. The van der Waals surface area contributed by atoms with Crippen molar-refractivity contribution >= 4 is 0 Å². The SMILES string of the molecule is CC(C)NCC1(CN2CCOCC2C)CCCCC1. The van der Waals surface area contributed by atoms with Crippen LogP contribution < -0.4 is 5.32 Å². The molecule has 112 valence electrons. The van der Waals surface area contributed by atoms with E-state index in [1.807, 2.05) is 0 Å². The number of hydrogen-bond acceptors (Lipinski definition) is 3. The smallest absolute Gasteiger partial charge is 0.0619 e. The van der Waals surface area contributed by atoms with Crippen LogP contribution in [0.5, 0.6) is 0 Å². The fourth-order valence-corrected chi connectivity index (χ4v) is 3.54. The van der Waals surface area contributed by atoms with Gasteiger partial charge in [0.1, 0.15) is 0 Å². The number of hydrogen-bond donors (Lipinski definition) is 1. The summed E-state index contributed by atoms with van der Waals surface area (Å²) >= 11 is 0. The first-order chi connectivity index (χ1) is 9.11. The van der Waals surface area contributed by atoms with Gasteiger partial charge in [-0.05, 0) is 25.2 Å². The minimum Gasteiger partial charge on any atom is -0.379 e. The van der Waals surface area contributed by atoms with E-state index in [1.54, 1.807) is 0 Å². The summed E-state index contributed by atoms with van der Waals surface area (Å²) in [6, 6.07) is 1.19.